The Morgan fingerprint density at radius 2 is 1.84 bits per heavy atom. The minimum Gasteiger partial charge on any atom is -0.497 e. The molecule has 1 aliphatic rings. The lowest BCUT2D eigenvalue weighted by atomic mass is 9.79. The van der Waals surface area contributed by atoms with E-state index in [1.54, 1.807) is 37.4 Å². The molecular formula is C32H34F2O4. The monoisotopic (exact) mass is 520 g/mol. The topological polar surface area (TPSA) is 55.8 Å². The number of methoxy groups -OCH3 is 1. The van der Waals surface area contributed by atoms with E-state index in [2.05, 4.69) is 19.9 Å². The fourth-order valence-corrected chi connectivity index (χ4v) is 5.24. The summed E-state index contributed by atoms with van der Waals surface area (Å²) < 4.78 is 41.6. The molecule has 0 bridgehead atoms. The fourth-order valence-electron chi connectivity index (χ4n) is 5.24. The number of allylic oxidation sites excluding steroid dienone is 2. The first-order valence-corrected chi connectivity index (χ1v) is 13.0. The van der Waals surface area contributed by atoms with Crippen molar-refractivity contribution in [1.29, 1.82) is 0 Å². The van der Waals surface area contributed by atoms with Gasteiger partial charge in [0, 0.05) is 5.56 Å². The zero-order valence-electron chi connectivity index (χ0n) is 22.3. The average Bonchev–Trinajstić information content (AvgIpc) is 3.25. The predicted molar refractivity (Wildman–Crippen MR) is 145 cm³/mol. The molecule has 3 aromatic rings. The van der Waals surface area contributed by atoms with Crippen LogP contribution in [0.1, 0.15) is 69.1 Å². The second-order valence-electron chi connectivity index (χ2n) is 10.4. The number of hydrogen-bond acceptors (Lipinski definition) is 3. The molecule has 0 aliphatic heterocycles. The fraction of sp³-hybridized carbons (Fsp3) is 0.344. The maximum absolute atomic E-state index is 15.3. The molecule has 0 aromatic heterocycles. The lowest BCUT2D eigenvalue weighted by Crippen LogP contribution is -2.11. The van der Waals surface area contributed by atoms with Crippen LogP contribution in [0.25, 0.3) is 16.7 Å². The Hall–Kier alpha value is -3.67. The molecule has 0 unspecified atom stereocenters. The van der Waals surface area contributed by atoms with Crippen LogP contribution in [0.15, 0.2) is 60.7 Å². The van der Waals surface area contributed by atoms with Crippen molar-refractivity contribution in [3.05, 3.63) is 89.0 Å². The van der Waals surface area contributed by atoms with E-state index in [0.717, 1.165) is 35.1 Å². The lowest BCUT2D eigenvalue weighted by molar-refractivity contribution is -0.137. The number of carbonyl (C=O) groups is 1. The van der Waals surface area contributed by atoms with Crippen molar-refractivity contribution < 1.29 is 28.2 Å². The molecular weight excluding hydrogens is 486 g/mol. The number of aliphatic carboxylic acids is 1. The van der Waals surface area contributed by atoms with Crippen LogP contribution in [0.3, 0.4) is 0 Å². The van der Waals surface area contributed by atoms with E-state index in [4.69, 9.17) is 9.47 Å². The van der Waals surface area contributed by atoms with E-state index in [-0.39, 0.29) is 30.0 Å². The molecule has 0 fully saturated rings. The van der Waals surface area contributed by atoms with Gasteiger partial charge in [-0.05, 0) is 88.8 Å². The first kappa shape index (κ1) is 27.4. The number of hydrogen-bond donors (Lipinski definition) is 1. The highest BCUT2D eigenvalue weighted by Crippen LogP contribution is 2.47. The molecule has 1 atom stereocenters. The minimum absolute atomic E-state index is 0.0798. The maximum atomic E-state index is 15.3. The van der Waals surface area contributed by atoms with Gasteiger partial charge in [-0.15, -0.1) is 0 Å². The largest absolute Gasteiger partial charge is 0.497 e. The number of ether oxygens (including phenoxy) is 2. The summed E-state index contributed by atoms with van der Waals surface area (Å²) in [6.07, 6.45) is 4.50. The van der Waals surface area contributed by atoms with Crippen LogP contribution in [0.2, 0.25) is 0 Å². The summed E-state index contributed by atoms with van der Waals surface area (Å²) >= 11 is 0. The van der Waals surface area contributed by atoms with Crippen LogP contribution < -0.4 is 9.47 Å². The van der Waals surface area contributed by atoms with E-state index >= 15 is 4.39 Å². The van der Waals surface area contributed by atoms with Crippen LogP contribution in [0, 0.1) is 17.0 Å². The molecule has 38 heavy (non-hydrogen) atoms. The van der Waals surface area contributed by atoms with Gasteiger partial charge in [-0.2, -0.15) is 0 Å². The molecule has 0 spiro atoms. The summed E-state index contributed by atoms with van der Waals surface area (Å²) in [6.45, 7) is 6.32. The molecule has 3 aromatic carbocycles. The van der Waals surface area contributed by atoms with Crippen molar-refractivity contribution in [2.75, 3.05) is 7.11 Å². The van der Waals surface area contributed by atoms with E-state index in [1.807, 2.05) is 25.1 Å². The van der Waals surface area contributed by atoms with Gasteiger partial charge < -0.3 is 14.6 Å². The Morgan fingerprint density at radius 3 is 2.50 bits per heavy atom. The molecule has 0 saturated heterocycles. The summed E-state index contributed by atoms with van der Waals surface area (Å²) in [4.78, 5) is 11.2. The zero-order valence-corrected chi connectivity index (χ0v) is 22.3. The predicted octanol–water partition coefficient (Wildman–Crippen LogP) is 8.39. The van der Waals surface area contributed by atoms with E-state index in [9.17, 15) is 14.3 Å². The van der Waals surface area contributed by atoms with Crippen molar-refractivity contribution in [2.45, 2.75) is 59.0 Å². The van der Waals surface area contributed by atoms with Gasteiger partial charge in [-0.1, -0.05) is 51.1 Å². The van der Waals surface area contributed by atoms with Crippen molar-refractivity contribution in [3.8, 4) is 22.6 Å². The highest BCUT2D eigenvalue weighted by Gasteiger charge is 2.30. The van der Waals surface area contributed by atoms with Gasteiger partial charge in [0.15, 0.2) is 11.6 Å². The Labute approximate surface area is 222 Å². The molecule has 1 N–H and O–H groups in total. The van der Waals surface area contributed by atoms with Gasteiger partial charge in [-0.3, -0.25) is 4.79 Å². The van der Waals surface area contributed by atoms with Gasteiger partial charge >= 0.3 is 5.97 Å². The molecule has 0 radical (unpaired) electrons. The Morgan fingerprint density at radius 1 is 1.05 bits per heavy atom. The first-order valence-electron chi connectivity index (χ1n) is 13.0. The summed E-state index contributed by atoms with van der Waals surface area (Å²) in [7, 11) is 1.56. The number of carboxylic acids is 1. The molecule has 4 nitrogen and oxygen atoms in total. The van der Waals surface area contributed by atoms with Crippen molar-refractivity contribution in [2.24, 2.45) is 5.41 Å². The minimum atomic E-state index is -0.966. The van der Waals surface area contributed by atoms with Crippen molar-refractivity contribution in [1.82, 2.24) is 0 Å². The molecule has 6 heteroatoms. The number of halogens is 2. The molecule has 4 rings (SSSR count). The molecule has 0 amide bonds. The summed E-state index contributed by atoms with van der Waals surface area (Å²) in [6, 6.07) is 15.3. The van der Waals surface area contributed by atoms with Crippen molar-refractivity contribution in [3.63, 3.8) is 0 Å². The number of rotatable bonds is 10. The van der Waals surface area contributed by atoms with Crippen LogP contribution >= 0.6 is 0 Å². The Balaban J connectivity index is 1.69. The molecule has 200 valence electrons. The van der Waals surface area contributed by atoms with Gasteiger partial charge in [-0.25, -0.2) is 8.78 Å². The van der Waals surface area contributed by atoms with E-state index in [0.29, 0.717) is 23.3 Å². The third kappa shape index (κ3) is 5.74. The van der Waals surface area contributed by atoms with Gasteiger partial charge in [0.25, 0.3) is 0 Å². The number of carboxylic acid groups (broad SMARTS) is 1. The van der Waals surface area contributed by atoms with Crippen LogP contribution in [0.5, 0.6) is 11.5 Å². The summed E-state index contributed by atoms with van der Waals surface area (Å²) in [5, 5.41) is 9.20. The summed E-state index contributed by atoms with van der Waals surface area (Å²) in [5.74, 6) is -1.61. The van der Waals surface area contributed by atoms with Gasteiger partial charge in [0.1, 0.15) is 18.2 Å². The standard InChI is InChI=1S/C32H34F2O4/c1-5-21(17-30(35)36)23-8-6-10-29(31(23)34)38-19-20-11-13-24(26-18-22(37-4)12-14-28(26)33)25(16-20)27-9-7-15-32(27,2)3/h6,8-14,16,18,21H,5,7,15,17,19H2,1-4H3,(H,35,36)/t21-/m0/s1. The first-order chi connectivity index (χ1) is 18.1. The highest BCUT2D eigenvalue weighted by atomic mass is 19.1. The summed E-state index contributed by atoms with van der Waals surface area (Å²) in [5.41, 5.74) is 4.36. The lowest BCUT2D eigenvalue weighted by Gasteiger charge is -2.25. The molecule has 0 saturated carbocycles. The van der Waals surface area contributed by atoms with Crippen LogP contribution in [-0.4, -0.2) is 18.2 Å². The van der Waals surface area contributed by atoms with Crippen LogP contribution in [-0.2, 0) is 11.4 Å². The average molecular weight is 521 g/mol. The second-order valence-corrected chi connectivity index (χ2v) is 10.4. The normalized spacial score (nSPS) is 15.2. The Kier molecular flexibility index (Phi) is 8.20. The molecule has 1 aliphatic carbocycles. The van der Waals surface area contributed by atoms with Gasteiger partial charge in [0.2, 0.25) is 0 Å². The maximum Gasteiger partial charge on any atom is 0.303 e. The smallest absolute Gasteiger partial charge is 0.303 e. The van der Waals surface area contributed by atoms with Crippen LogP contribution in [0.4, 0.5) is 8.78 Å². The van der Waals surface area contributed by atoms with E-state index < -0.39 is 17.7 Å². The van der Waals surface area contributed by atoms with Gasteiger partial charge in [0.05, 0.1) is 13.5 Å². The third-order valence-corrected chi connectivity index (χ3v) is 7.43. The highest BCUT2D eigenvalue weighted by molar-refractivity contribution is 5.85. The number of benzene rings is 3. The zero-order chi connectivity index (χ0) is 27.4. The third-order valence-electron chi connectivity index (χ3n) is 7.43. The molecule has 0 heterocycles. The Bertz CT molecular complexity index is 1360. The SMILES string of the molecule is CC[C@@H](CC(=O)O)c1cccc(OCc2ccc(-c3cc(OC)ccc3F)c(C3=CCCC3(C)C)c2)c1F. The van der Waals surface area contributed by atoms with Crippen molar-refractivity contribution >= 4 is 11.5 Å². The second kappa shape index (κ2) is 11.4. The quantitative estimate of drug-likeness (QED) is 0.292. The van der Waals surface area contributed by atoms with E-state index in [1.165, 1.54) is 6.07 Å².